The molecular formula is C16H15N5O2. The first-order chi connectivity index (χ1) is 11.4. The van der Waals surface area contributed by atoms with Crippen molar-refractivity contribution in [2.75, 3.05) is 18.5 Å². The van der Waals surface area contributed by atoms with Gasteiger partial charge in [-0.3, -0.25) is 0 Å². The molecule has 1 aromatic heterocycles. The molecule has 0 bridgehead atoms. The molecule has 0 atom stereocenters. The fourth-order valence-corrected chi connectivity index (χ4v) is 2.46. The number of aromatic nitrogens is 4. The summed E-state index contributed by atoms with van der Waals surface area (Å²) >= 11 is 0. The largest absolute Gasteiger partial charge is 0.486 e. The summed E-state index contributed by atoms with van der Waals surface area (Å²) in [6.07, 6.45) is 0. The molecule has 2 aromatic carbocycles. The molecule has 0 spiro atoms. The maximum atomic E-state index is 5.61. The van der Waals surface area contributed by atoms with Crippen molar-refractivity contribution in [1.29, 1.82) is 0 Å². The minimum Gasteiger partial charge on any atom is -0.486 e. The zero-order valence-corrected chi connectivity index (χ0v) is 12.3. The lowest BCUT2D eigenvalue weighted by Crippen LogP contribution is -2.15. The number of nitrogens with one attached hydrogen (secondary N) is 2. The van der Waals surface area contributed by atoms with E-state index in [1.54, 1.807) is 0 Å². The number of hydrogen-bond acceptors (Lipinski definition) is 6. The molecule has 4 rings (SSSR count). The van der Waals surface area contributed by atoms with E-state index >= 15 is 0 Å². The van der Waals surface area contributed by atoms with Crippen LogP contribution in [-0.4, -0.2) is 33.8 Å². The van der Waals surface area contributed by atoms with Crippen LogP contribution in [0.1, 0.15) is 5.56 Å². The number of benzene rings is 2. The second-order valence-corrected chi connectivity index (χ2v) is 5.16. The van der Waals surface area contributed by atoms with Gasteiger partial charge in [0.2, 0.25) is 0 Å². The van der Waals surface area contributed by atoms with Gasteiger partial charge in [-0.05, 0) is 40.3 Å². The molecule has 2 heterocycles. The number of ether oxygens (including phenoxy) is 2. The van der Waals surface area contributed by atoms with Crippen molar-refractivity contribution in [3.8, 4) is 22.9 Å². The van der Waals surface area contributed by atoms with Gasteiger partial charge in [0.1, 0.15) is 13.2 Å². The van der Waals surface area contributed by atoms with Crippen molar-refractivity contribution in [2.45, 2.75) is 6.54 Å². The summed E-state index contributed by atoms with van der Waals surface area (Å²) in [6.45, 7) is 1.89. The summed E-state index contributed by atoms with van der Waals surface area (Å²) in [7, 11) is 0. The fraction of sp³-hybridized carbons (Fsp3) is 0.188. The van der Waals surface area contributed by atoms with Gasteiger partial charge in [-0.2, -0.15) is 0 Å². The van der Waals surface area contributed by atoms with Gasteiger partial charge in [0.15, 0.2) is 17.3 Å². The van der Waals surface area contributed by atoms with Gasteiger partial charge in [-0.25, -0.2) is 5.10 Å². The molecule has 3 aromatic rings. The van der Waals surface area contributed by atoms with Crippen molar-refractivity contribution in [2.24, 2.45) is 0 Å². The van der Waals surface area contributed by atoms with E-state index in [-0.39, 0.29) is 0 Å². The van der Waals surface area contributed by atoms with Crippen molar-refractivity contribution in [3.05, 3.63) is 48.0 Å². The lowest BCUT2D eigenvalue weighted by Gasteiger charge is -2.19. The summed E-state index contributed by atoms with van der Waals surface area (Å²) in [5, 5.41) is 17.3. The van der Waals surface area contributed by atoms with Gasteiger partial charge in [0.25, 0.3) is 0 Å². The van der Waals surface area contributed by atoms with Crippen LogP contribution in [-0.2, 0) is 6.54 Å². The van der Waals surface area contributed by atoms with Gasteiger partial charge in [0.05, 0.1) is 0 Å². The highest BCUT2D eigenvalue weighted by atomic mass is 16.6. The van der Waals surface area contributed by atoms with Gasteiger partial charge in [-0.1, -0.05) is 18.2 Å². The number of nitrogens with zero attached hydrogens (tertiary/aromatic N) is 3. The average Bonchev–Trinajstić information content (AvgIpc) is 3.15. The number of rotatable bonds is 4. The van der Waals surface area contributed by atoms with E-state index in [2.05, 4.69) is 25.9 Å². The third-order valence-corrected chi connectivity index (χ3v) is 3.58. The summed E-state index contributed by atoms with van der Waals surface area (Å²) in [6, 6.07) is 13.9. The van der Waals surface area contributed by atoms with Crippen LogP contribution in [0.4, 0.5) is 5.69 Å². The molecule has 116 valence electrons. The molecule has 0 saturated carbocycles. The van der Waals surface area contributed by atoms with Crippen molar-refractivity contribution >= 4 is 5.69 Å². The minimum absolute atomic E-state index is 0.594. The second kappa shape index (κ2) is 5.96. The molecular weight excluding hydrogens is 294 g/mol. The van der Waals surface area contributed by atoms with Crippen molar-refractivity contribution in [1.82, 2.24) is 20.6 Å². The molecule has 0 saturated heterocycles. The molecule has 0 amide bonds. The third kappa shape index (κ3) is 2.94. The number of aromatic amines is 1. The SMILES string of the molecule is c1cc(NCc2ccc3c(c2)OCCO3)cc(-c2nnn[nH]2)c1. The first-order valence-corrected chi connectivity index (χ1v) is 7.35. The third-order valence-electron chi connectivity index (χ3n) is 3.58. The normalized spacial score (nSPS) is 12.9. The van der Waals surface area contributed by atoms with Crippen molar-refractivity contribution in [3.63, 3.8) is 0 Å². The highest BCUT2D eigenvalue weighted by Gasteiger charge is 2.11. The van der Waals surface area contributed by atoms with Crippen LogP contribution in [0.2, 0.25) is 0 Å². The van der Waals surface area contributed by atoms with E-state index in [4.69, 9.17) is 9.47 Å². The molecule has 0 aliphatic carbocycles. The maximum absolute atomic E-state index is 5.61. The standard InChI is InChI=1S/C16H15N5O2/c1-2-12(16-18-20-21-19-16)9-13(3-1)17-10-11-4-5-14-15(8-11)23-7-6-22-14/h1-5,8-9,17H,6-7,10H2,(H,18,19,20,21). The van der Waals surface area contributed by atoms with E-state index in [9.17, 15) is 0 Å². The topological polar surface area (TPSA) is 84.9 Å². The van der Waals surface area contributed by atoms with Crippen LogP contribution < -0.4 is 14.8 Å². The van der Waals surface area contributed by atoms with Crippen LogP contribution >= 0.6 is 0 Å². The van der Waals surface area contributed by atoms with Gasteiger partial charge in [0, 0.05) is 17.8 Å². The van der Waals surface area contributed by atoms with E-state index in [0.717, 1.165) is 28.3 Å². The summed E-state index contributed by atoms with van der Waals surface area (Å²) in [4.78, 5) is 0. The predicted octanol–water partition coefficient (Wildman–Crippen LogP) is 2.25. The summed E-state index contributed by atoms with van der Waals surface area (Å²) in [5.74, 6) is 2.25. The minimum atomic E-state index is 0.594. The van der Waals surface area contributed by atoms with E-state index in [1.165, 1.54) is 0 Å². The Kier molecular flexibility index (Phi) is 3.51. The second-order valence-electron chi connectivity index (χ2n) is 5.16. The Morgan fingerprint density at radius 2 is 1.96 bits per heavy atom. The molecule has 2 N–H and O–H groups in total. The van der Waals surface area contributed by atoms with Crippen LogP contribution in [0.15, 0.2) is 42.5 Å². The molecule has 1 aliphatic rings. The molecule has 7 nitrogen and oxygen atoms in total. The zero-order chi connectivity index (χ0) is 15.5. The lowest BCUT2D eigenvalue weighted by atomic mass is 10.1. The van der Waals surface area contributed by atoms with Gasteiger partial charge in [-0.15, -0.1) is 5.10 Å². The monoisotopic (exact) mass is 309 g/mol. The highest BCUT2D eigenvalue weighted by Crippen LogP contribution is 2.31. The van der Waals surface area contributed by atoms with Crippen LogP contribution in [0.5, 0.6) is 11.5 Å². The number of hydrogen-bond donors (Lipinski definition) is 2. The number of tetrazole rings is 1. The highest BCUT2D eigenvalue weighted by molar-refractivity contribution is 5.61. The Bertz CT molecular complexity index is 804. The molecule has 0 radical (unpaired) electrons. The maximum Gasteiger partial charge on any atom is 0.179 e. The predicted molar refractivity (Wildman–Crippen MR) is 84.4 cm³/mol. The molecule has 1 aliphatic heterocycles. The van der Waals surface area contributed by atoms with Crippen molar-refractivity contribution < 1.29 is 9.47 Å². The Morgan fingerprint density at radius 1 is 1.04 bits per heavy atom. The molecule has 0 unspecified atom stereocenters. The summed E-state index contributed by atoms with van der Waals surface area (Å²) in [5.41, 5.74) is 3.05. The van der Waals surface area contributed by atoms with Crippen LogP contribution in [0.3, 0.4) is 0 Å². The Balaban J connectivity index is 1.48. The number of H-pyrrole nitrogens is 1. The Morgan fingerprint density at radius 3 is 2.83 bits per heavy atom. The zero-order valence-electron chi connectivity index (χ0n) is 12.3. The Hall–Kier alpha value is -3.09. The average molecular weight is 309 g/mol. The molecule has 0 fully saturated rings. The first kappa shape index (κ1) is 13.6. The summed E-state index contributed by atoms with van der Waals surface area (Å²) < 4.78 is 11.1. The smallest absolute Gasteiger partial charge is 0.179 e. The lowest BCUT2D eigenvalue weighted by molar-refractivity contribution is 0.171. The fourth-order valence-electron chi connectivity index (χ4n) is 2.46. The van der Waals surface area contributed by atoms with Crippen LogP contribution in [0, 0.1) is 0 Å². The number of fused-ring (bicyclic) bond motifs is 1. The van der Waals surface area contributed by atoms with E-state index < -0.39 is 0 Å². The van der Waals surface area contributed by atoms with Gasteiger partial charge >= 0.3 is 0 Å². The number of anilines is 1. The quantitative estimate of drug-likeness (QED) is 0.769. The van der Waals surface area contributed by atoms with E-state index in [1.807, 2.05) is 42.5 Å². The van der Waals surface area contributed by atoms with Gasteiger partial charge < -0.3 is 14.8 Å². The Labute approximate surface area is 132 Å². The molecule has 7 heteroatoms. The first-order valence-electron chi connectivity index (χ1n) is 7.35. The van der Waals surface area contributed by atoms with E-state index in [0.29, 0.717) is 25.6 Å². The van der Waals surface area contributed by atoms with Crippen LogP contribution in [0.25, 0.3) is 11.4 Å². The molecule has 23 heavy (non-hydrogen) atoms.